The van der Waals surface area contributed by atoms with Crippen molar-refractivity contribution in [1.29, 1.82) is 0 Å². The lowest BCUT2D eigenvalue weighted by molar-refractivity contribution is -0.116. The monoisotopic (exact) mass is 338 g/mol. The van der Waals surface area contributed by atoms with Gasteiger partial charge in [-0.1, -0.05) is 56.2 Å². The summed E-state index contributed by atoms with van der Waals surface area (Å²) in [5, 5.41) is 2.88. The van der Waals surface area contributed by atoms with Crippen molar-refractivity contribution >= 4 is 17.5 Å². The van der Waals surface area contributed by atoms with Crippen molar-refractivity contribution in [3.8, 4) is 0 Å². The Morgan fingerprint density at radius 3 is 2.48 bits per heavy atom. The van der Waals surface area contributed by atoms with E-state index in [1.54, 1.807) is 30.1 Å². The lowest BCUT2D eigenvalue weighted by Crippen LogP contribution is -2.26. The number of nitrogens with zero attached hydrogens (tertiary/aromatic N) is 1. The first-order valence-electron chi connectivity index (χ1n) is 8.79. The quantitative estimate of drug-likeness (QED) is 0.722. The molecule has 2 amide bonds. The van der Waals surface area contributed by atoms with Gasteiger partial charge in [-0.25, -0.2) is 0 Å². The van der Waals surface area contributed by atoms with Crippen LogP contribution in [0.3, 0.4) is 0 Å². The highest BCUT2D eigenvalue weighted by Gasteiger charge is 2.13. The third kappa shape index (κ3) is 6.07. The molecular formula is C21H26N2O2. The molecule has 2 aromatic rings. The van der Waals surface area contributed by atoms with E-state index in [9.17, 15) is 9.59 Å². The van der Waals surface area contributed by atoms with E-state index in [2.05, 4.69) is 12.2 Å². The maximum Gasteiger partial charge on any atom is 0.253 e. The van der Waals surface area contributed by atoms with E-state index in [1.165, 1.54) is 0 Å². The molecule has 0 radical (unpaired) electrons. The average Bonchev–Trinajstić information content (AvgIpc) is 2.62. The molecule has 0 fully saturated rings. The molecule has 0 atom stereocenters. The van der Waals surface area contributed by atoms with Crippen molar-refractivity contribution in [2.45, 2.75) is 39.2 Å². The van der Waals surface area contributed by atoms with Crippen LogP contribution in [0.5, 0.6) is 0 Å². The van der Waals surface area contributed by atoms with Gasteiger partial charge in [0, 0.05) is 31.3 Å². The number of carbonyl (C=O) groups is 2. The second-order valence-corrected chi connectivity index (χ2v) is 6.23. The topological polar surface area (TPSA) is 49.4 Å². The normalized spacial score (nSPS) is 10.3. The van der Waals surface area contributed by atoms with Crippen LogP contribution in [0.25, 0.3) is 0 Å². The zero-order valence-corrected chi connectivity index (χ0v) is 15.0. The zero-order chi connectivity index (χ0) is 18.1. The Bertz CT molecular complexity index is 698. The van der Waals surface area contributed by atoms with Gasteiger partial charge in [0.25, 0.3) is 5.91 Å². The molecule has 25 heavy (non-hydrogen) atoms. The van der Waals surface area contributed by atoms with Gasteiger partial charge in [-0.05, 0) is 30.2 Å². The predicted molar refractivity (Wildman–Crippen MR) is 101 cm³/mol. The number of nitrogens with one attached hydrogen (secondary N) is 1. The van der Waals surface area contributed by atoms with Gasteiger partial charge < -0.3 is 10.2 Å². The second kappa shape index (κ2) is 9.62. The van der Waals surface area contributed by atoms with Crippen molar-refractivity contribution in [2.75, 3.05) is 12.4 Å². The van der Waals surface area contributed by atoms with Crippen molar-refractivity contribution < 1.29 is 9.59 Å². The van der Waals surface area contributed by atoms with Crippen molar-refractivity contribution in [2.24, 2.45) is 0 Å². The maximum atomic E-state index is 12.6. The Labute approximate surface area is 149 Å². The molecular weight excluding hydrogens is 312 g/mol. The Balaban J connectivity index is 1.97. The minimum atomic E-state index is -0.0639. The van der Waals surface area contributed by atoms with Crippen LogP contribution < -0.4 is 5.32 Å². The second-order valence-electron chi connectivity index (χ2n) is 6.23. The molecule has 0 bridgehead atoms. The zero-order valence-electron chi connectivity index (χ0n) is 15.0. The van der Waals surface area contributed by atoms with Crippen molar-refractivity contribution in [1.82, 2.24) is 4.90 Å². The van der Waals surface area contributed by atoms with Crippen LogP contribution in [0, 0.1) is 0 Å². The minimum absolute atomic E-state index is 0.00399. The summed E-state index contributed by atoms with van der Waals surface area (Å²) in [6.07, 6.45) is 3.54. The summed E-state index contributed by atoms with van der Waals surface area (Å²) in [5.41, 5.74) is 2.32. The van der Waals surface area contributed by atoms with E-state index in [4.69, 9.17) is 0 Å². The predicted octanol–water partition coefficient (Wildman–Crippen LogP) is 4.48. The smallest absolute Gasteiger partial charge is 0.253 e. The van der Waals surface area contributed by atoms with Crippen LogP contribution in [0.2, 0.25) is 0 Å². The Morgan fingerprint density at radius 2 is 1.76 bits per heavy atom. The third-order valence-electron chi connectivity index (χ3n) is 4.01. The average molecular weight is 338 g/mol. The van der Waals surface area contributed by atoms with E-state index < -0.39 is 0 Å². The summed E-state index contributed by atoms with van der Waals surface area (Å²) in [5.74, 6) is -0.0679. The minimum Gasteiger partial charge on any atom is -0.337 e. The Hall–Kier alpha value is -2.62. The van der Waals surface area contributed by atoms with Gasteiger partial charge in [-0.2, -0.15) is 0 Å². The van der Waals surface area contributed by atoms with Gasteiger partial charge in [-0.3, -0.25) is 9.59 Å². The van der Waals surface area contributed by atoms with E-state index in [0.717, 1.165) is 24.8 Å². The van der Waals surface area contributed by atoms with Crippen LogP contribution in [0.4, 0.5) is 5.69 Å². The number of benzene rings is 2. The van der Waals surface area contributed by atoms with Crippen LogP contribution in [-0.4, -0.2) is 23.8 Å². The number of hydrogen-bond donors (Lipinski definition) is 1. The summed E-state index contributed by atoms with van der Waals surface area (Å²) >= 11 is 0. The molecule has 0 aliphatic carbocycles. The highest BCUT2D eigenvalue weighted by Crippen LogP contribution is 2.14. The first-order valence-corrected chi connectivity index (χ1v) is 8.79. The first kappa shape index (κ1) is 18.7. The Morgan fingerprint density at radius 1 is 1.00 bits per heavy atom. The van der Waals surface area contributed by atoms with Crippen molar-refractivity contribution in [3.63, 3.8) is 0 Å². The van der Waals surface area contributed by atoms with Gasteiger partial charge in [0.1, 0.15) is 0 Å². The van der Waals surface area contributed by atoms with Gasteiger partial charge >= 0.3 is 0 Å². The summed E-state index contributed by atoms with van der Waals surface area (Å²) in [7, 11) is 1.78. The summed E-state index contributed by atoms with van der Waals surface area (Å²) in [6, 6.07) is 17.0. The number of rotatable bonds is 8. The Kier molecular flexibility index (Phi) is 7.20. The molecule has 2 aromatic carbocycles. The summed E-state index contributed by atoms with van der Waals surface area (Å²) in [4.78, 5) is 26.2. The fourth-order valence-electron chi connectivity index (χ4n) is 2.64. The van der Waals surface area contributed by atoms with Gasteiger partial charge in [0.2, 0.25) is 5.91 Å². The van der Waals surface area contributed by atoms with Gasteiger partial charge in [0.15, 0.2) is 0 Å². The molecule has 0 heterocycles. The van der Waals surface area contributed by atoms with E-state index in [0.29, 0.717) is 24.2 Å². The molecule has 132 valence electrons. The number of amides is 2. The molecule has 0 spiro atoms. The largest absolute Gasteiger partial charge is 0.337 e. The van der Waals surface area contributed by atoms with E-state index in [1.807, 2.05) is 36.4 Å². The highest BCUT2D eigenvalue weighted by atomic mass is 16.2. The van der Waals surface area contributed by atoms with Crippen LogP contribution in [0.1, 0.15) is 48.5 Å². The summed E-state index contributed by atoms with van der Waals surface area (Å²) < 4.78 is 0. The van der Waals surface area contributed by atoms with Gasteiger partial charge in [-0.15, -0.1) is 0 Å². The SMILES string of the molecule is CCCCCC(=O)Nc1cccc(C(=O)N(C)Cc2ccccc2)c1. The fourth-order valence-corrected chi connectivity index (χ4v) is 2.64. The van der Waals surface area contributed by atoms with E-state index >= 15 is 0 Å². The number of carbonyl (C=O) groups excluding carboxylic acids is 2. The molecule has 0 saturated heterocycles. The lowest BCUT2D eigenvalue weighted by Gasteiger charge is -2.18. The molecule has 0 aromatic heterocycles. The van der Waals surface area contributed by atoms with Gasteiger partial charge in [0.05, 0.1) is 0 Å². The van der Waals surface area contributed by atoms with Crippen LogP contribution >= 0.6 is 0 Å². The molecule has 0 aliphatic heterocycles. The third-order valence-corrected chi connectivity index (χ3v) is 4.01. The standard InChI is InChI=1S/C21H26N2O2/c1-3-4-6-14-20(24)22-19-13-9-12-18(15-19)21(25)23(2)16-17-10-7-5-8-11-17/h5,7-13,15H,3-4,6,14,16H2,1-2H3,(H,22,24). The fraction of sp³-hybridized carbons (Fsp3) is 0.333. The molecule has 4 heteroatoms. The number of anilines is 1. The maximum absolute atomic E-state index is 12.6. The number of hydrogen-bond acceptors (Lipinski definition) is 2. The van der Waals surface area contributed by atoms with Crippen molar-refractivity contribution in [3.05, 3.63) is 65.7 Å². The molecule has 0 unspecified atom stereocenters. The molecule has 2 rings (SSSR count). The van der Waals surface area contributed by atoms with E-state index in [-0.39, 0.29) is 11.8 Å². The molecule has 4 nitrogen and oxygen atoms in total. The molecule has 0 aliphatic rings. The summed E-state index contributed by atoms with van der Waals surface area (Å²) in [6.45, 7) is 2.66. The van der Waals surface area contributed by atoms with Crippen LogP contribution in [-0.2, 0) is 11.3 Å². The number of unbranched alkanes of at least 4 members (excludes halogenated alkanes) is 2. The molecule has 0 saturated carbocycles. The lowest BCUT2D eigenvalue weighted by atomic mass is 10.1. The highest BCUT2D eigenvalue weighted by molar-refractivity contribution is 5.97. The molecule has 1 N–H and O–H groups in total. The van der Waals surface area contributed by atoms with Crippen LogP contribution in [0.15, 0.2) is 54.6 Å². The first-order chi connectivity index (χ1) is 12.1.